The van der Waals surface area contributed by atoms with Crippen molar-refractivity contribution in [3.8, 4) is 0 Å². The average Bonchev–Trinajstić information content (AvgIpc) is 2.48. The zero-order valence-electron chi connectivity index (χ0n) is 12.7. The third kappa shape index (κ3) is 2.67. The molecule has 2 amide bonds. The summed E-state index contributed by atoms with van der Waals surface area (Å²) in [7, 11) is 0. The van der Waals surface area contributed by atoms with Crippen LogP contribution >= 0.6 is 0 Å². The van der Waals surface area contributed by atoms with Gasteiger partial charge in [0.2, 0.25) is 5.91 Å². The van der Waals surface area contributed by atoms with Gasteiger partial charge in [0.1, 0.15) is 0 Å². The first-order valence-electron chi connectivity index (χ1n) is 7.80. The van der Waals surface area contributed by atoms with E-state index >= 15 is 0 Å². The number of hydrogen-bond acceptors (Lipinski definition) is 2. The maximum Gasteiger partial charge on any atom is 0.251 e. The highest BCUT2D eigenvalue weighted by atomic mass is 16.2. The minimum absolute atomic E-state index is 0.00299. The number of amides is 2. The van der Waals surface area contributed by atoms with Crippen LogP contribution in [0.2, 0.25) is 0 Å². The van der Waals surface area contributed by atoms with E-state index in [0.717, 1.165) is 48.2 Å². The number of nitrogens with one attached hydrogen (secondary N) is 1. The zero-order chi connectivity index (χ0) is 15.0. The molecule has 0 saturated heterocycles. The Labute approximate surface area is 125 Å². The van der Waals surface area contributed by atoms with Gasteiger partial charge in [-0.3, -0.25) is 9.59 Å². The third-order valence-corrected chi connectivity index (χ3v) is 4.21. The maximum absolute atomic E-state index is 12.3. The van der Waals surface area contributed by atoms with Crippen LogP contribution in [-0.4, -0.2) is 24.9 Å². The number of hydrogen-bond donors (Lipinski definition) is 1. The Morgan fingerprint density at radius 3 is 2.67 bits per heavy atom. The van der Waals surface area contributed by atoms with Gasteiger partial charge < -0.3 is 10.2 Å². The second-order valence-electron chi connectivity index (χ2n) is 6.40. The maximum atomic E-state index is 12.3. The molecule has 2 aliphatic heterocycles. The summed E-state index contributed by atoms with van der Waals surface area (Å²) in [6, 6.07) is 3.94. The van der Waals surface area contributed by atoms with Crippen molar-refractivity contribution < 1.29 is 9.59 Å². The average molecular weight is 286 g/mol. The van der Waals surface area contributed by atoms with E-state index in [1.807, 2.05) is 17.0 Å². The molecule has 2 aliphatic rings. The number of nitrogens with zero attached hydrogens (tertiary/aromatic N) is 1. The number of anilines is 1. The smallest absolute Gasteiger partial charge is 0.251 e. The predicted molar refractivity (Wildman–Crippen MR) is 82.6 cm³/mol. The first-order valence-corrected chi connectivity index (χ1v) is 7.80. The van der Waals surface area contributed by atoms with Gasteiger partial charge in [0.25, 0.3) is 5.91 Å². The number of aryl methyl sites for hydroxylation is 2. The Balaban J connectivity index is 1.92. The van der Waals surface area contributed by atoms with Gasteiger partial charge in [0.15, 0.2) is 0 Å². The van der Waals surface area contributed by atoms with Crippen molar-refractivity contribution in [2.75, 3.05) is 18.0 Å². The molecule has 0 saturated carbocycles. The molecule has 0 unspecified atom stereocenters. The van der Waals surface area contributed by atoms with Crippen molar-refractivity contribution in [1.29, 1.82) is 0 Å². The Hall–Kier alpha value is -1.84. The molecular weight excluding hydrogens is 264 g/mol. The van der Waals surface area contributed by atoms with E-state index in [1.54, 1.807) is 0 Å². The highest BCUT2D eigenvalue weighted by Gasteiger charge is 2.30. The summed E-state index contributed by atoms with van der Waals surface area (Å²) in [6.45, 7) is 5.67. The van der Waals surface area contributed by atoms with Gasteiger partial charge >= 0.3 is 0 Å². The largest absolute Gasteiger partial charge is 0.352 e. The fourth-order valence-corrected chi connectivity index (χ4v) is 3.18. The molecule has 112 valence electrons. The molecule has 0 atom stereocenters. The molecule has 3 rings (SSSR count). The zero-order valence-corrected chi connectivity index (χ0v) is 12.7. The molecule has 0 aromatic heterocycles. The molecule has 0 bridgehead atoms. The topological polar surface area (TPSA) is 49.4 Å². The fraction of sp³-hybridized carbons (Fsp3) is 0.529. The van der Waals surface area contributed by atoms with E-state index in [2.05, 4.69) is 19.2 Å². The van der Waals surface area contributed by atoms with E-state index in [4.69, 9.17) is 0 Å². The van der Waals surface area contributed by atoms with Crippen LogP contribution in [0.25, 0.3) is 0 Å². The van der Waals surface area contributed by atoms with Crippen LogP contribution in [0.1, 0.15) is 48.2 Å². The summed E-state index contributed by atoms with van der Waals surface area (Å²) in [6.07, 6.45) is 3.25. The van der Waals surface area contributed by atoms with E-state index < -0.39 is 0 Å². The molecule has 0 spiro atoms. The monoisotopic (exact) mass is 286 g/mol. The van der Waals surface area contributed by atoms with E-state index in [-0.39, 0.29) is 11.8 Å². The van der Waals surface area contributed by atoms with Crippen LogP contribution in [0, 0.1) is 5.92 Å². The summed E-state index contributed by atoms with van der Waals surface area (Å²) in [5, 5.41) is 2.98. The standard InChI is InChI=1S/C17H22N2O2/c1-11(2)10-18-17(21)14-8-12-4-3-7-19-15(20)6-5-13(9-14)16(12)19/h8-9,11H,3-7,10H2,1-2H3,(H,18,21). The summed E-state index contributed by atoms with van der Waals surface area (Å²) in [5.74, 6) is 0.662. The Kier molecular flexibility index (Phi) is 3.70. The quantitative estimate of drug-likeness (QED) is 0.927. The summed E-state index contributed by atoms with van der Waals surface area (Å²) >= 11 is 0. The van der Waals surface area contributed by atoms with Gasteiger partial charge in [-0.25, -0.2) is 0 Å². The Bertz CT molecular complexity index is 575. The minimum atomic E-state index is -0.00299. The molecule has 0 fully saturated rings. The molecule has 1 aromatic rings. The van der Waals surface area contributed by atoms with Crippen molar-refractivity contribution >= 4 is 17.5 Å². The predicted octanol–water partition coefficient (Wildman–Crippen LogP) is 2.30. The summed E-state index contributed by atoms with van der Waals surface area (Å²) in [5.41, 5.74) is 4.13. The molecule has 4 heteroatoms. The summed E-state index contributed by atoms with van der Waals surface area (Å²) < 4.78 is 0. The lowest BCUT2D eigenvalue weighted by Crippen LogP contribution is -2.39. The van der Waals surface area contributed by atoms with Crippen molar-refractivity contribution in [3.63, 3.8) is 0 Å². The van der Waals surface area contributed by atoms with Crippen LogP contribution in [0.5, 0.6) is 0 Å². The van der Waals surface area contributed by atoms with Crippen molar-refractivity contribution in [2.24, 2.45) is 5.92 Å². The SMILES string of the molecule is CC(C)CNC(=O)c1cc2c3c(c1)CCC(=O)N3CCC2. The van der Waals surface area contributed by atoms with Gasteiger partial charge in [-0.2, -0.15) is 0 Å². The molecule has 0 radical (unpaired) electrons. The lowest BCUT2D eigenvalue weighted by Gasteiger charge is -2.35. The number of rotatable bonds is 3. The second kappa shape index (κ2) is 5.51. The highest BCUT2D eigenvalue weighted by molar-refractivity contribution is 6.00. The first-order chi connectivity index (χ1) is 10.1. The van der Waals surface area contributed by atoms with Gasteiger partial charge in [-0.15, -0.1) is 0 Å². The number of benzene rings is 1. The van der Waals surface area contributed by atoms with Gasteiger partial charge in [0, 0.05) is 25.1 Å². The highest BCUT2D eigenvalue weighted by Crippen LogP contribution is 2.36. The van der Waals surface area contributed by atoms with E-state index in [1.165, 1.54) is 0 Å². The fourth-order valence-electron chi connectivity index (χ4n) is 3.18. The summed E-state index contributed by atoms with van der Waals surface area (Å²) in [4.78, 5) is 26.2. The molecular formula is C17H22N2O2. The molecule has 21 heavy (non-hydrogen) atoms. The number of carbonyl (C=O) groups excluding carboxylic acids is 2. The molecule has 4 nitrogen and oxygen atoms in total. The lowest BCUT2D eigenvalue weighted by molar-refractivity contribution is -0.119. The Morgan fingerprint density at radius 2 is 1.95 bits per heavy atom. The molecule has 2 heterocycles. The van der Waals surface area contributed by atoms with E-state index in [9.17, 15) is 9.59 Å². The molecule has 1 aromatic carbocycles. The lowest BCUT2D eigenvalue weighted by atomic mass is 9.89. The molecule has 0 aliphatic carbocycles. The van der Waals surface area contributed by atoms with Gasteiger partial charge in [-0.05, 0) is 48.4 Å². The van der Waals surface area contributed by atoms with Crippen molar-refractivity contribution in [1.82, 2.24) is 5.32 Å². The Morgan fingerprint density at radius 1 is 1.24 bits per heavy atom. The minimum Gasteiger partial charge on any atom is -0.352 e. The van der Waals surface area contributed by atoms with Crippen LogP contribution in [0.4, 0.5) is 5.69 Å². The van der Waals surface area contributed by atoms with Crippen molar-refractivity contribution in [2.45, 2.75) is 39.5 Å². The van der Waals surface area contributed by atoms with Crippen LogP contribution in [-0.2, 0) is 17.6 Å². The number of carbonyl (C=O) groups is 2. The van der Waals surface area contributed by atoms with Crippen LogP contribution < -0.4 is 10.2 Å². The first kappa shape index (κ1) is 14.1. The van der Waals surface area contributed by atoms with Gasteiger partial charge in [-0.1, -0.05) is 13.8 Å². The van der Waals surface area contributed by atoms with Crippen molar-refractivity contribution in [3.05, 3.63) is 28.8 Å². The second-order valence-corrected chi connectivity index (χ2v) is 6.40. The van der Waals surface area contributed by atoms with Gasteiger partial charge in [0.05, 0.1) is 5.69 Å². The van der Waals surface area contributed by atoms with E-state index in [0.29, 0.717) is 18.9 Å². The third-order valence-electron chi connectivity index (χ3n) is 4.21. The van der Waals surface area contributed by atoms with Crippen LogP contribution in [0.3, 0.4) is 0 Å². The normalized spacial score (nSPS) is 16.9. The molecule has 1 N–H and O–H groups in total. The van der Waals surface area contributed by atoms with Crippen LogP contribution in [0.15, 0.2) is 12.1 Å².